The molecular formula is C12H23N. The third-order valence-electron chi connectivity index (χ3n) is 4.06. The lowest BCUT2D eigenvalue weighted by atomic mass is 9.59. The largest absolute Gasteiger partial charge is 0.328 e. The Bertz CT molecular complexity index is 180. The van der Waals surface area contributed by atoms with Crippen molar-refractivity contribution in [3.63, 3.8) is 0 Å². The second kappa shape index (κ2) is 3.27. The topological polar surface area (TPSA) is 26.0 Å². The monoisotopic (exact) mass is 181 g/mol. The zero-order chi connectivity index (χ0) is 9.47. The first kappa shape index (κ1) is 9.51. The second-order valence-corrected chi connectivity index (χ2v) is 5.97. The van der Waals surface area contributed by atoms with Crippen LogP contribution in [0.1, 0.15) is 52.4 Å². The minimum Gasteiger partial charge on any atom is -0.328 e. The molecule has 0 aromatic carbocycles. The molecule has 0 unspecified atom stereocenters. The van der Waals surface area contributed by atoms with Gasteiger partial charge in [-0.25, -0.2) is 0 Å². The lowest BCUT2D eigenvalue weighted by Gasteiger charge is -2.46. The van der Waals surface area contributed by atoms with Crippen LogP contribution in [0.3, 0.4) is 0 Å². The minimum absolute atomic E-state index is 0.484. The van der Waals surface area contributed by atoms with Gasteiger partial charge in [-0.05, 0) is 55.8 Å². The Morgan fingerprint density at radius 3 is 2.54 bits per heavy atom. The molecule has 3 aliphatic rings. The van der Waals surface area contributed by atoms with Gasteiger partial charge in [0.15, 0.2) is 0 Å². The Balaban J connectivity index is 1.99. The maximum Gasteiger partial charge on any atom is 0.00414 e. The van der Waals surface area contributed by atoms with Crippen LogP contribution in [-0.4, -0.2) is 6.04 Å². The molecular weight excluding hydrogens is 158 g/mol. The fraction of sp³-hybridized carbons (Fsp3) is 1.00. The highest BCUT2D eigenvalue weighted by molar-refractivity contribution is 4.93. The maximum atomic E-state index is 6.09. The summed E-state index contributed by atoms with van der Waals surface area (Å²) in [6.07, 6.45) is 8.28. The first-order chi connectivity index (χ1) is 6.07. The van der Waals surface area contributed by atoms with E-state index in [0.717, 1.165) is 11.8 Å². The van der Waals surface area contributed by atoms with E-state index >= 15 is 0 Å². The summed E-state index contributed by atoms with van der Waals surface area (Å²) in [5.74, 6) is 1.86. The predicted molar refractivity (Wildman–Crippen MR) is 56.4 cm³/mol. The summed E-state index contributed by atoms with van der Waals surface area (Å²) >= 11 is 0. The van der Waals surface area contributed by atoms with Crippen LogP contribution in [0.15, 0.2) is 0 Å². The Kier molecular flexibility index (Phi) is 2.39. The highest BCUT2D eigenvalue weighted by Gasteiger charge is 2.41. The van der Waals surface area contributed by atoms with Gasteiger partial charge in [0.1, 0.15) is 0 Å². The normalized spacial score (nSPS) is 51.5. The predicted octanol–water partition coefficient (Wildman–Crippen LogP) is 2.94. The van der Waals surface area contributed by atoms with Crippen molar-refractivity contribution >= 4 is 0 Å². The number of fused-ring (bicyclic) bond motifs is 5. The van der Waals surface area contributed by atoms with Crippen molar-refractivity contribution in [1.82, 2.24) is 0 Å². The molecule has 0 spiro atoms. The van der Waals surface area contributed by atoms with Crippen molar-refractivity contribution in [3.8, 4) is 0 Å². The van der Waals surface area contributed by atoms with E-state index in [1.807, 2.05) is 0 Å². The lowest BCUT2D eigenvalue weighted by molar-refractivity contribution is 0.0495. The number of rotatable bonds is 0. The van der Waals surface area contributed by atoms with E-state index in [4.69, 9.17) is 5.73 Å². The third-order valence-corrected chi connectivity index (χ3v) is 4.06. The molecule has 3 rings (SSSR count). The third kappa shape index (κ3) is 2.07. The van der Waals surface area contributed by atoms with E-state index in [2.05, 4.69) is 13.8 Å². The smallest absolute Gasteiger partial charge is 0.00414 e. The van der Waals surface area contributed by atoms with E-state index in [1.54, 1.807) is 0 Å². The van der Waals surface area contributed by atoms with Crippen molar-refractivity contribution in [2.75, 3.05) is 0 Å². The van der Waals surface area contributed by atoms with E-state index in [1.165, 1.54) is 38.5 Å². The van der Waals surface area contributed by atoms with Crippen molar-refractivity contribution in [2.24, 2.45) is 23.0 Å². The molecule has 1 heteroatoms. The van der Waals surface area contributed by atoms with Crippen molar-refractivity contribution in [2.45, 2.75) is 58.4 Å². The van der Waals surface area contributed by atoms with Crippen molar-refractivity contribution < 1.29 is 0 Å². The summed E-state index contributed by atoms with van der Waals surface area (Å²) in [6.45, 7) is 4.85. The Morgan fingerprint density at radius 1 is 1.15 bits per heavy atom. The molecule has 2 N–H and O–H groups in total. The van der Waals surface area contributed by atoms with E-state index in [0.29, 0.717) is 11.5 Å². The summed E-state index contributed by atoms with van der Waals surface area (Å²) in [5.41, 5.74) is 6.78. The molecule has 0 aliphatic heterocycles. The van der Waals surface area contributed by atoms with Gasteiger partial charge in [-0.2, -0.15) is 0 Å². The molecule has 3 fully saturated rings. The highest BCUT2D eigenvalue weighted by atomic mass is 14.6. The molecule has 76 valence electrons. The van der Waals surface area contributed by atoms with Crippen LogP contribution in [0.25, 0.3) is 0 Å². The zero-order valence-corrected chi connectivity index (χ0v) is 9.05. The molecule has 0 heterocycles. The molecule has 0 saturated heterocycles. The Hall–Kier alpha value is -0.0400. The SMILES string of the molecule is C[C@@H]1C[C@@H](N)CC[C@H]2C[C@](C)(C1)C2. The molecule has 2 atom stereocenters. The van der Waals surface area contributed by atoms with Gasteiger partial charge in [-0.15, -0.1) is 0 Å². The van der Waals surface area contributed by atoms with E-state index in [9.17, 15) is 0 Å². The van der Waals surface area contributed by atoms with E-state index < -0.39 is 0 Å². The first-order valence-corrected chi connectivity index (χ1v) is 5.83. The molecule has 3 aliphatic carbocycles. The van der Waals surface area contributed by atoms with Gasteiger partial charge in [0.2, 0.25) is 0 Å². The van der Waals surface area contributed by atoms with Crippen LogP contribution >= 0.6 is 0 Å². The molecule has 0 radical (unpaired) electrons. The number of hydrogen-bond donors (Lipinski definition) is 1. The van der Waals surface area contributed by atoms with Gasteiger partial charge < -0.3 is 5.73 Å². The average molecular weight is 181 g/mol. The Morgan fingerprint density at radius 2 is 1.85 bits per heavy atom. The molecule has 0 aromatic rings. The molecule has 0 aromatic heterocycles. The fourth-order valence-electron chi connectivity index (χ4n) is 3.71. The Labute approximate surface area is 82.1 Å². The van der Waals surface area contributed by atoms with Crippen LogP contribution in [-0.2, 0) is 0 Å². The molecule has 2 bridgehead atoms. The summed E-state index contributed by atoms with van der Waals surface area (Å²) in [6, 6.07) is 0.484. The highest BCUT2D eigenvalue weighted by Crippen LogP contribution is 2.52. The number of nitrogens with two attached hydrogens (primary N) is 1. The first-order valence-electron chi connectivity index (χ1n) is 5.83. The standard InChI is InChI=1S/C12H23N/c1-9-5-11(13)4-3-10-7-12(2,6-9)8-10/h9-11H,3-8,13H2,1-2H3/t9-,10-,11+,12-/m1/s1. The zero-order valence-electron chi connectivity index (χ0n) is 9.05. The molecule has 13 heavy (non-hydrogen) atoms. The lowest BCUT2D eigenvalue weighted by Crippen LogP contribution is -2.35. The summed E-state index contributed by atoms with van der Waals surface area (Å²) in [4.78, 5) is 0. The summed E-state index contributed by atoms with van der Waals surface area (Å²) in [5, 5.41) is 0. The van der Waals surface area contributed by atoms with Gasteiger partial charge in [0, 0.05) is 6.04 Å². The van der Waals surface area contributed by atoms with Crippen LogP contribution < -0.4 is 5.73 Å². The van der Waals surface area contributed by atoms with Crippen LogP contribution in [0.4, 0.5) is 0 Å². The van der Waals surface area contributed by atoms with Crippen molar-refractivity contribution in [3.05, 3.63) is 0 Å². The minimum atomic E-state index is 0.484. The van der Waals surface area contributed by atoms with Crippen LogP contribution in [0.2, 0.25) is 0 Å². The summed E-state index contributed by atoms with van der Waals surface area (Å²) in [7, 11) is 0. The average Bonchev–Trinajstić information content (AvgIpc) is 2.01. The van der Waals surface area contributed by atoms with Gasteiger partial charge >= 0.3 is 0 Å². The van der Waals surface area contributed by atoms with Crippen LogP contribution in [0.5, 0.6) is 0 Å². The molecule has 0 amide bonds. The van der Waals surface area contributed by atoms with Gasteiger partial charge in [0.25, 0.3) is 0 Å². The fourth-order valence-corrected chi connectivity index (χ4v) is 3.71. The quantitative estimate of drug-likeness (QED) is 0.611. The van der Waals surface area contributed by atoms with Crippen molar-refractivity contribution in [1.29, 1.82) is 0 Å². The van der Waals surface area contributed by atoms with Crippen LogP contribution in [0, 0.1) is 17.3 Å². The van der Waals surface area contributed by atoms with Gasteiger partial charge in [0.05, 0.1) is 0 Å². The van der Waals surface area contributed by atoms with Gasteiger partial charge in [-0.3, -0.25) is 0 Å². The second-order valence-electron chi connectivity index (χ2n) is 5.97. The maximum absolute atomic E-state index is 6.09. The summed E-state index contributed by atoms with van der Waals surface area (Å²) < 4.78 is 0. The number of hydrogen-bond acceptors (Lipinski definition) is 1. The van der Waals surface area contributed by atoms with E-state index in [-0.39, 0.29) is 0 Å². The van der Waals surface area contributed by atoms with Gasteiger partial charge in [-0.1, -0.05) is 13.8 Å². The molecule has 1 nitrogen and oxygen atoms in total. The molecule has 3 saturated carbocycles.